The SMILES string of the molecule is OCCC1(CNc2ccc3nccnc3n2)CCC1. The summed E-state index contributed by atoms with van der Waals surface area (Å²) < 4.78 is 0. The number of anilines is 1. The van der Waals surface area contributed by atoms with Gasteiger partial charge in [0.1, 0.15) is 11.3 Å². The third kappa shape index (κ3) is 2.51. The van der Waals surface area contributed by atoms with Crippen LogP contribution in [-0.4, -0.2) is 33.2 Å². The second-order valence-corrected chi connectivity index (χ2v) is 5.28. The topological polar surface area (TPSA) is 70.9 Å². The molecule has 1 aliphatic carbocycles. The van der Waals surface area contributed by atoms with E-state index in [1.54, 1.807) is 12.4 Å². The first-order chi connectivity index (χ1) is 9.31. The Hall–Kier alpha value is -1.75. The van der Waals surface area contributed by atoms with Crippen molar-refractivity contribution in [2.24, 2.45) is 5.41 Å². The van der Waals surface area contributed by atoms with Crippen molar-refractivity contribution < 1.29 is 5.11 Å². The molecule has 1 saturated carbocycles. The molecule has 100 valence electrons. The molecule has 5 nitrogen and oxygen atoms in total. The number of rotatable bonds is 5. The Bertz CT molecular complexity index is 568. The Morgan fingerprint density at radius 2 is 2.05 bits per heavy atom. The highest BCUT2D eigenvalue weighted by molar-refractivity contribution is 5.71. The maximum Gasteiger partial charge on any atom is 0.180 e. The van der Waals surface area contributed by atoms with E-state index in [1.807, 2.05) is 12.1 Å². The van der Waals surface area contributed by atoms with Crippen molar-refractivity contribution >= 4 is 17.0 Å². The maximum absolute atomic E-state index is 9.14. The molecule has 0 atom stereocenters. The highest BCUT2D eigenvalue weighted by Gasteiger charge is 2.36. The summed E-state index contributed by atoms with van der Waals surface area (Å²) in [6.45, 7) is 1.13. The van der Waals surface area contributed by atoms with Crippen LogP contribution in [0.25, 0.3) is 11.2 Å². The van der Waals surface area contributed by atoms with E-state index in [4.69, 9.17) is 5.11 Å². The summed E-state index contributed by atoms with van der Waals surface area (Å²) in [5.41, 5.74) is 1.73. The molecule has 1 fully saturated rings. The molecule has 2 N–H and O–H groups in total. The molecule has 0 aromatic carbocycles. The number of fused-ring (bicyclic) bond motifs is 1. The monoisotopic (exact) mass is 258 g/mol. The summed E-state index contributed by atoms with van der Waals surface area (Å²) in [5.74, 6) is 0.831. The van der Waals surface area contributed by atoms with Gasteiger partial charge < -0.3 is 10.4 Å². The number of hydrogen-bond donors (Lipinski definition) is 2. The molecular formula is C14H18N4O. The third-order valence-corrected chi connectivity index (χ3v) is 4.03. The Balaban J connectivity index is 1.71. The molecule has 0 bridgehead atoms. The fourth-order valence-electron chi connectivity index (χ4n) is 2.66. The lowest BCUT2D eigenvalue weighted by atomic mass is 9.67. The average Bonchev–Trinajstić information content (AvgIpc) is 2.41. The van der Waals surface area contributed by atoms with E-state index in [0.29, 0.717) is 5.65 Å². The Morgan fingerprint density at radius 3 is 2.79 bits per heavy atom. The second kappa shape index (κ2) is 5.09. The highest BCUT2D eigenvalue weighted by Crippen LogP contribution is 2.43. The Morgan fingerprint density at radius 1 is 1.21 bits per heavy atom. The zero-order valence-electron chi connectivity index (χ0n) is 10.8. The van der Waals surface area contributed by atoms with Gasteiger partial charge in [0, 0.05) is 25.5 Å². The predicted octanol–water partition coefficient (Wildman–Crippen LogP) is 1.99. The van der Waals surface area contributed by atoms with E-state index >= 15 is 0 Å². The summed E-state index contributed by atoms with van der Waals surface area (Å²) in [4.78, 5) is 12.9. The summed E-state index contributed by atoms with van der Waals surface area (Å²) in [5, 5.41) is 12.5. The zero-order chi connectivity index (χ0) is 13.1. The van der Waals surface area contributed by atoms with E-state index < -0.39 is 0 Å². The molecule has 0 aliphatic heterocycles. The van der Waals surface area contributed by atoms with Crippen molar-refractivity contribution in [3.05, 3.63) is 24.5 Å². The lowest BCUT2D eigenvalue weighted by molar-refractivity contribution is 0.102. The number of aliphatic hydroxyl groups is 1. The molecule has 0 saturated heterocycles. The largest absolute Gasteiger partial charge is 0.396 e. The van der Waals surface area contributed by atoms with E-state index in [1.165, 1.54) is 19.3 Å². The Labute approximate surface area is 112 Å². The molecule has 19 heavy (non-hydrogen) atoms. The summed E-state index contributed by atoms with van der Waals surface area (Å²) in [6, 6.07) is 3.86. The first kappa shape index (κ1) is 12.3. The summed E-state index contributed by atoms with van der Waals surface area (Å²) in [6.07, 6.45) is 7.83. The predicted molar refractivity (Wildman–Crippen MR) is 73.8 cm³/mol. The van der Waals surface area contributed by atoms with Crippen molar-refractivity contribution in [3.8, 4) is 0 Å². The van der Waals surface area contributed by atoms with Crippen molar-refractivity contribution in [3.63, 3.8) is 0 Å². The standard InChI is InChI=1S/C14H18N4O/c19-9-6-14(4-1-5-14)10-17-12-3-2-11-13(18-12)16-8-7-15-11/h2-3,7-8,19H,1,4-6,9-10H2,(H,16,17,18). The van der Waals surface area contributed by atoms with Gasteiger partial charge in [0.15, 0.2) is 5.65 Å². The molecular weight excluding hydrogens is 240 g/mol. The number of nitrogens with zero attached hydrogens (tertiary/aromatic N) is 3. The van der Waals surface area contributed by atoms with Crippen LogP contribution < -0.4 is 5.32 Å². The number of aliphatic hydroxyl groups excluding tert-OH is 1. The summed E-state index contributed by atoms with van der Waals surface area (Å²) in [7, 11) is 0. The molecule has 2 aromatic heterocycles. The van der Waals surface area contributed by atoms with E-state index in [-0.39, 0.29) is 12.0 Å². The van der Waals surface area contributed by atoms with Crippen LogP contribution in [0.1, 0.15) is 25.7 Å². The molecule has 5 heteroatoms. The Kier molecular flexibility index (Phi) is 3.29. The van der Waals surface area contributed by atoms with Gasteiger partial charge in [-0.2, -0.15) is 0 Å². The van der Waals surface area contributed by atoms with E-state index in [2.05, 4.69) is 20.3 Å². The molecule has 2 heterocycles. The van der Waals surface area contributed by atoms with Crippen LogP contribution in [-0.2, 0) is 0 Å². The van der Waals surface area contributed by atoms with Crippen molar-refractivity contribution in [1.82, 2.24) is 15.0 Å². The maximum atomic E-state index is 9.14. The zero-order valence-corrected chi connectivity index (χ0v) is 10.8. The fraction of sp³-hybridized carbons (Fsp3) is 0.500. The van der Waals surface area contributed by atoms with Crippen molar-refractivity contribution in [2.45, 2.75) is 25.7 Å². The second-order valence-electron chi connectivity index (χ2n) is 5.28. The van der Waals surface area contributed by atoms with Crippen LogP contribution in [0.5, 0.6) is 0 Å². The molecule has 1 aliphatic rings. The molecule has 0 unspecified atom stereocenters. The molecule has 0 spiro atoms. The van der Waals surface area contributed by atoms with Crippen LogP contribution in [0, 0.1) is 5.41 Å². The first-order valence-electron chi connectivity index (χ1n) is 6.74. The first-order valence-corrected chi connectivity index (χ1v) is 6.74. The van der Waals surface area contributed by atoms with Crippen LogP contribution >= 0.6 is 0 Å². The highest BCUT2D eigenvalue weighted by atomic mass is 16.3. The number of pyridine rings is 1. The minimum Gasteiger partial charge on any atom is -0.396 e. The minimum atomic E-state index is 0.258. The molecule has 0 amide bonds. The van der Waals surface area contributed by atoms with Gasteiger partial charge in [0.25, 0.3) is 0 Å². The molecule has 3 rings (SSSR count). The van der Waals surface area contributed by atoms with Gasteiger partial charge in [-0.1, -0.05) is 6.42 Å². The van der Waals surface area contributed by atoms with Gasteiger partial charge in [-0.3, -0.25) is 4.98 Å². The normalized spacial score (nSPS) is 17.1. The van der Waals surface area contributed by atoms with Gasteiger partial charge in [-0.05, 0) is 36.8 Å². The average molecular weight is 258 g/mol. The van der Waals surface area contributed by atoms with E-state index in [9.17, 15) is 0 Å². The minimum absolute atomic E-state index is 0.258. The van der Waals surface area contributed by atoms with Gasteiger partial charge in [0.05, 0.1) is 0 Å². The molecule has 0 radical (unpaired) electrons. The summed E-state index contributed by atoms with van der Waals surface area (Å²) >= 11 is 0. The van der Waals surface area contributed by atoms with Crippen molar-refractivity contribution in [1.29, 1.82) is 0 Å². The number of aromatic nitrogens is 3. The number of nitrogens with one attached hydrogen (secondary N) is 1. The van der Waals surface area contributed by atoms with Crippen LogP contribution in [0.4, 0.5) is 5.82 Å². The molecule has 2 aromatic rings. The third-order valence-electron chi connectivity index (χ3n) is 4.03. The van der Waals surface area contributed by atoms with Crippen LogP contribution in [0.2, 0.25) is 0 Å². The van der Waals surface area contributed by atoms with Crippen LogP contribution in [0.15, 0.2) is 24.5 Å². The van der Waals surface area contributed by atoms with Crippen molar-refractivity contribution in [2.75, 3.05) is 18.5 Å². The van der Waals surface area contributed by atoms with Gasteiger partial charge in [-0.15, -0.1) is 0 Å². The lowest BCUT2D eigenvalue weighted by Crippen LogP contribution is -2.37. The lowest BCUT2D eigenvalue weighted by Gasteiger charge is -2.41. The smallest absolute Gasteiger partial charge is 0.180 e. The van der Waals surface area contributed by atoms with E-state index in [0.717, 1.165) is 24.3 Å². The van der Waals surface area contributed by atoms with Gasteiger partial charge >= 0.3 is 0 Å². The number of hydrogen-bond acceptors (Lipinski definition) is 5. The van der Waals surface area contributed by atoms with Gasteiger partial charge in [0.2, 0.25) is 0 Å². The fourth-order valence-corrected chi connectivity index (χ4v) is 2.66. The quantitative estimate of drug-likeness (QED) is 0.858. The van der Waals surface area contributed by atoms with Gasteiger partial charge in [-0.25, -0.2) is 9.97 Å². The van der Waals surface area contributed by atoms with Crippen LogP contribution in [0.3, 0.4) is 0 Å².